The molecule has 2 rings (SSSR count). The molecule has 0 aliphatic carbocycles. The lowest BCUT2D eigenvalue weighted by Gasteiger charge is -2.07. The second-order valence-electron chi connectivity index (χ2n) is 5.26. The van der Waals surface area contributed by atoms with Crippen molar-refractivity contribution in [1.29, 1.82) is 0 Å². The van der Waals surface area contributed by atoms with Crippen LogP contribution < -0.4 is 0 Å². The number of hydrogen-bond acceptors (Lipinski definition) is 5. The van der Waals surface area contributed by atoms with E-state index in [1.54, 1.807) is 0 Å². The second kappa shape index (κ2) is 7.60. The van der Waals surface area contributed by atoms with Gasteiger partial charge in [0.05, 0.1) is 5.75 Å². The summed E-state index contributed by atoms with van der Waals surface area (Å²) in [5.41, 5.74) is 1.09. The molecule has 0 radical (unpaired) electrons. The van der Waals surface area contributed by atoms with Gasteiger partial charge in [-0.25, -0.2) is 13.4 Å². The van der Waals surface area contributed by atoms with Crippen molar-refractivity contribution in [3.05, 3.63) is 41.7 Å². The van der Waals surface area contributed by atoms with Crippen molar-refractivity contribution in [2.24, 2.45) is 5.92 Å². The van der Waals surface area contributed by atoms with Gasteiger partial charge < -0.3 is 0 Å². The van der Waals surface area contributed by atoms with E-state index in [9.17, 15) is 8.42 Å². The zero-order chi connectivity index (χ0) is 16.0. The molecule has 0 spiro atoms. The summed E-state index contributed by atoms with van der Waals surface area (Å²) < 4.78 is 22.4. The zero-order valence-electron chi connectivity index (χ0n) is 12.6. The van der Waals surface area contributed by atoms with Gasteiger partial charge in [0.1, 0.15) is 15.7 Å². The van der Waals surface area contributed by atoms with Crippen molar-refractivity contribution in [3.8, 4) is 0 Å². The van der Waals surface area contributed by atoms with E-state index in [0.717, 1.165) is 5.56 Å². The van der Waals surface area contributed by atoms with Crippen molar-refractivity contribution < 1.29 is 8.42 Å². The lowest BCUT2D eigenvalue weighted by molar-refractivity contribution is 0.589. The largest absolute Gasteiger partial charge is 0.259 e. The Morgan fingerprint density at radius 3 is 2.68 bits per heavy atom. The number of benzene rings is 1. The minimum Gasteiger partial charge on any atom is -0.259 e. The Kier molecular flexibility index (Phi) is 5.79. The van der Waals surface area contributed by atoms with Crippen LogP contribution in [0.3, 0.4) is 0 Å². The van der Waals surface area contributed by atoms with Gasteiger partial charge in [0, 0.05) is 12.0 Å². The highest BCUT2D eigenvalue weighted by Gasteiger charge is 2.12. The zero-order valence-corrected chi connectivity index (χ0v) is 14.2. The van der Waals surface area contributed by atoms with Crippen LogP contribution in [0.15, 0.2) is 35.5 Å². The van der Waals surface area contributed by atoms with Gasteiger partial charge in [-0.15, -0.1) is 5.10 Å². The number of thioether (sulfide) groups is 1. The normalized spacial score (nSPS) is 13.5. The first-order valence-corrected chi connectivity index (χ1v) is 9.93. The molecule has 2 aromatic rings. The van der Waals surface area contributed by atoms with Gasteiger partial charge in [0.15, 0.2) is 0 Å². The van der Waals surface area contributed by atoms with Crippen LogP contribution in [-0.2, 0) is 9.84 Å². The molecule has 1 atom stereocenters. The number of nitrogens with one attached hydrogen (secondary N) is 1. The molecule has 0 bridgehead atoms. The number of hydrogen-bond donors (Lipinski definition) is 1. The van der Waals surface area contributed by atoms with Gasteiger partial charge in [-0.3, -0.25) is 5.10 Å². The first kappa shape index (κ1) is 16.8. The SMILES string of the molecule is CC(CSc1n[nH]c(C=Cc2ccccc2)n1)CS(C)(=O)=O. The molecule has 1 aromatic heterocycles. The highest BCUT2D eigenvalue weighted by Crippen LogP contribution is 2.18. The number of nitrogens with zero attached hydrogens (tertiary/aromatic N) is 2. The standard InChI is InChI=1S/C15H19N3O2S2/c1-12(11-22(2,19)20)10-21-15-16-14(17-18-15)9-8-13-6-4-3-5-7-13/h3-9,12H,10-11H2,1-2H3,(H,16,17,18). The number of aromatic nitrogens is 3. The lowest BCUT2D eigenvalue weighted by atomic mass is 10.2. The third-order valence-corrected chi connectivity index (χ3v) is 5.15. The number of sulfone groups is 1. The van der Waals surface area contributed by atoms with Crippen LogP contribution in [0.2, 0.25) is 0 Å². The molecule has 118 valence electrons. The molecular formula is C15H19N3O2S2. The van der Waals surface area contributed by atoms with Crippen molar-refractivity contribution in [3.63, 3.8) is 0 Å². The molecule has 0 aliphatic heterocycles. The van der Waals surface area contributed by atoms with Gasteiger partial charge in [-0.1, -0.05) is 55.1 Å². The summed E-state index contributed by atoms with van der Waals surface area (Å²) in [4.78, 5) is 4.35. The highest BCUT2D eigenvalue weighted by atomic mass is 32.2. The van der Waals surface area contributed by atoms with Crippen LogP contribution in [0.25, 0.3) is 12.2 Å². The molecule has 1 unspecified atom stereocenters. The number of aromatic amines is 1. The fourth-order valence-corrected chi connectivity index (χ4v) is 4.04. The van der Waals surface area contributed by atoms with Crippen LogP contribution >= 0.6 is 11.8 Å². The molecule has 7 heteroatoms. The molecule has 1 heterocycles. The summed E-state index contributed by atoms with van der Waals surface area (Å²) in [6.07, 6.45) is 5.08. The van der Waals surface area contributed by atoms with Crippen LogP contribution in [-0.4, -0.2) is 41.4 Å². The fraction of sp³-hybridized carbons (Fsp3) is 0.333. The quantitative estimate of drug-likeness (QED) is 0.786. The minimum absolute atomic E-state index is 0.0711. The summed E-state index contributed by atoms with van der Waals surface area (Å²) in [6.45, 7) is 1.91. The fourth-order valence-electron chi connectivity index (χ4n) is 1.92. The maximum absolute atomic E-state index is 11.2. The Balaban J connectivity index is 1.88. The summed E-state index contributed by atoms with van der Waals surface area (Å²) in [7, 11) is -2.93. The molecule has 0 aliphatic rings. The van der Waals surface area contributed by atoms with E-state index in [1.165, 1.54) is 18.0 Å². The van der Waals surface area contributed by atoms with E-state index in [1.807, 2.05) is 49.4 Å². The molecule has 5 nitrogen and oxygen atoms in total. The maximum Gasteiger partial charge on any atom is 0.208 e. The van der Waals surface area contributed by atoms with Crippen molar-refractivity contribution >= 4 is 33.8 Å². The van der Waals surface area contributed by atoms with Gasteiger partial charge in [-0.2, -0.15) is 0 Å². The van der Waals surface area contributed by atoms with E-state index in [4.69, 9.17) is 0 Å². The molecule has 22 heavy (non-hydrogen) atoms. The molecule has 1 N–H and O–H groups in total. The Labute approximate surface area is 135 Å². The topological polar surface area (TPSA) is 75.7 Å². The Morgan fingerprint density at radius 2 is 2.00 bits per heavy atom. The van der Waals surface area contributed by atoms with Crippen LogP contribution in [0.1, 0.15) is 18.3 Å². The Bertz CT molecular complexity index is 724. The average Bonchev–Trinajstić information content (AvgIpc) is 2.90. The molecule has 0 saturated carbocycles. The van der Waals surface area contributed by atoms with E-state index in [-0.39, 0.29) is 11.7 Å². The van der Waals surface area contributed by atoms with E-state index in [0.29, 0.717) is 16.7 Å². The minimum atomic E-state index is -2.93. The first-order valence-electron chi connectivity index (χ1n) is 6.88. The van der Waals surface area contributed by atoms with Gasteiger partial charge in [-0.05, 0) is 17.6 Å². The molecule has 0 fully saturated rings. The molecule has 1 aromatic carbocycles. The summed E-state index contributed by atoms with van der Waals surface area (Å²) in [5.74, 6) is 1.61. The molecular weight excluding hydrogens is 318 g/mol. The van der Waals surface area contributed by atoms with Crippen LogP contribution in [0.5, 0.6) is 0 Å². The molecule has 0 saturated heterocycles. The van der Waals surface area contributed by atoms with E-state index >= 15 is 0 Å². The average molecular weight is 337 g/mol. The molecule has 0 amide bonds. The van der Waals surface area contributed by atoms with E-state index < -0.39 is 9.84 Å². The maximum atomic E-state index is 11.2. The van der Waals surface area contributed by atoms with Gasteiger partial charge >= 0.3 is 0 Å². The Morgan fingerprint density at radius 1 is 1.27 bits per heavy atom. The van der Waals surface area contributed by atoms with Gasteiger partial charge in [0.25, 0.3) is 0 Å². The van der Waals surface area contributed by atoms with Crippen molar-refractivity contribution in [2.75, 3.05) is 17.8 Å². The number of H-pyrrole nitrogens is 1. The lowest BCUT2D eigenvalue weighted by Crippen LogP contribution is -2.13. The monoisotopic (exact) mass is 337 g/mol. The van der Waals surface area contributed by atoms with Crippen LogP contribution in [0.4, 0.5) is 0 Å². The predicted molar refractivity (Wildman–Crippen MR) is 91.4 cm³/mol. The predicted octanol–water partition coefficient (Wildman–Crippen LogP) is 2.75. The third-order valence-electron chi connectivity index (χ3n) is 2.80. The number of rotatable bonds is 7. The van der Waals surface area contributed by atoms with E-state index in [2.05, 4.69) is 15.2 Å². The van der Waals surface area contributed by atoms with Crippen molar-refractivity contribution in [2.45, 2.75) is 12.1 Å². The Hall–Kier alpha value is -1.60. The van der Waals surface area contributed by atoms with Crippen LogP contribution in [0, 0.1) is 5.92 Å². The van der Waals surface area contributed by atoms with Crippen molar-refractivity contribution in [1.82, 2.24) is 15.2 Å². The highest BCUT2D eigenvalue weighted by molar-refractivity contribution is 7.99. The van der Waals surface area contributed by atoms with Gasteiger partial charge in [0.2, 0.25) is 5.16 Å². The first-order chi connectivity index (χ1) is 10.4. The second-order valence-corrected chi connectivity index (χ2v) is 8.43. The summed E-state index contributed by atoms with van der Waals surface area (Å²) in [5, 5.41) is 7.62. The third kappa shape index (κ3) is 6.03. The smallest absolute Gasteiger partial charge is 0.208 e. The summed E-state index contributed by atoms with van der Waals surface area (Å²) >= 11 is 1.46. The summed E-state index contributed by atoms with van der Waals surface area (Å²) in [6, 6.07) is 9.94.